The first-order valence-corrected chi connectivity index (χ1v) is 10.3. The number of rotatable bonds is 5. The van der Waals surface area contributed by atoms with Crippen LogP contribution < -0.4 is 0 Å². The van der Waals surface area contributed by atoms with Gasteiger partial charge in [0.25, 0.3) is 0 Å². The lowest BCUT2D eigenvalue weighted by Crippen LogP contribution is -2.49. The maximum atomic E-state index is 12.9. The lowest BCUT2D eigenvalue weighted by atomic mass is 9.94. The molecule has 2 fully saturated rings. The Morgan fingerprint density at radius 1 is 1.36 bits per heavy atom. The maximum absolute atomic E-state index is 12.9. The molecule has 5 nitrogen and oxygen atoms in total. The Morgan fingerprint density at radius 2 is 2.08 bits per heavy atom. The van der Waals surface area contributed by atoms with E-state index in [0.717, 1.165) is 23.5 Å². The summed E-state index contributed by atoms with van der Waals surface area (Å²) in [6.45, 7) is 5.42. The summed E-state index contributed by atoms with van der Waals surface area (Å²) in [5.41, 5.74) is 0.962. The van der Waals surface area contributed by atoms with Gasteiger partial charge in [-0.1, -0.05) is 26.7 Å². The number of carbonyl (C=O) groups is 2. The number of aromatic nitrogens is 1. The second-order valence-electron chi connectivity index (χ2n) is 7.75. The van der Waals surface area contributed by atoms with Gasteiger partial charge in [-0.15, -0.1) is 11.3 Å². The van der Waals surface area contributed by atoms with Crippen molar-refractivity contribution in [3.05, 3.63) is 16.1 Å². The van der Waals surface area contributed by atoms with E-state index in [0.29, 0.717) is 37.9 Å². The third-order valence-electron chi connectivity index (χ3n) is 5.40. The summed E-state index contributed by atoms with van der Waals surface area (Å²) in [6.07, 6.45) is 5.79. The zero-order chi connectivity index (χ0) is 18.0. The van der Waals surface area contributed by atoms with Gasteiger partial charge in [0.15, 0.2) is 0 Å². The Bertz CT molecular complexity index is 622. The van der Waals surface area contributed by atoms with Crippen molar-refractivity contribution >= 4 is 23.2 Å². The molecular weight excluding hydrogens is 334 g/mol. The van der Waals surface area contributed by atoms with E-state index < -0.39 is 0 Å². The molecule has 1 aromatic rings. The first-order valence-electron chi connectivity index (χ1n) is 9.44. The highest BCUT2D eigenvalue weighted by atomic mass is 32.1. The van der Waals surface area contributed by atoms with Gasteiger partial charge in [0.1, 0.15) is 0 Å². The largest absolute Gasteiger partial charge is 0.340 e. The van der Waals surface area contributed by atoms with Crippen molar-refractivity contribution < 1.29 is 9.59 Å². The Morgan fingerprint density at radius 3 is 2.72 bits per heavy atom. The fourth-order valence-corrected chi connectivity index (χ4v) is 4.76. The quantitative estimate of drug-likeness (QED) is 0.805. The average Bonchev–Trinajstić information content (AvgIpc) is 3.26. The van der Waals surface area contributed by atoms with Crippen molar-refractivity contribution in [2.75, 3.05) is 13.6 Å². The molecule has 1 aromatic heterocycles. The van der Waals surface area contributed by atoms with Crippen LogP contribution in [0.4, 0.5) is 0 Å². The van der Waals surface area contributed by atoms with Crippen LogP contribution in [0.5, 0.6) is 0 Å². The van der Waals surface area contributed by atoms with E-state index in [1.165, 1.54) is 12.8 Å². The Kier molecular flexibility index (Phi) is 5.77. The molecule has 1 saturated carbocycles. The van der Waals surface area contributed by atoms with Crippen LogP contribution in [-0.2, 0) is 16.1 Å². The number of hydrogen-bond donors (Lipinski definition) is 0. The van der Waals surface area contributed by atoms with Gasteiger partial charge in [-0.2, -0.15) is 0 Å². The van der Waals surface area contributed by atoms with Crippen LogP contribution in [0.15, 0.2) is 5.38 Å². The van der Waals surface area contributed by atoms with Crippen LogP contribution >= 0.6 is 11.3 Å². The van der Waals surface area contributed by atoms with Crippen molar-refractivity contribution in [1.29, 1.82) is 0 Å². The molecule has 25 heavy (non-hydrogen) atoms. The van der Waals surface area contributed by atoms with Crippen molar-refractivity contribution in [2.24, 2.45) is 5.92 Å². The van der Waals surface area contributed by atoms with Gasteiger partial charge in [-0.3, -0.25) is 9.59 Å². The zero-order valence-corrected chi connectivity index (χ0v) is 16.3. The van der Waals surface area contributed by atoms with Crippen LogP contribution in [0, 0.1) is 5.92 Å². The minimum atomic E-state index is -0.0634. The first kappa shape index (κ1) is 18.4. The molecule has 1 saturated heterocycles. The van der Waals surface area contributed by atoms with E-state index >= 15 is 0 Å². The van der Waals surface area contributed by atoms with E-state index in [2.05, 4.69) is 18.8 Å². The van der Waals surface area contributed by atoms with Gasteiger partial charge >= 0.3 is 0 Å². The smallest absolute Gasteiger partial charge is 0.227 e. The summed E-state index contributed by atoms with van der Waals surface area (Å²) in [6, 6.07) is 0.362. The van der Waals surface area contributed by atoms with Gasteiger partial charge in [-0.25, -0.2) is 4.98 Å². The summed E-state index contributed by atoms with van der Waals surface area (Å²) in [4.78, 5) is 33.5. The minimum absolute atomic E-state index is 0.0634. The number of likely N-dealkylation sites (tertiary alicyclic amines) is 1. The monoisotopic (exact) mass is 363 g/mol. The number of thiazole rings is 1. The Hall–Kier alpha value is -1.43. The molecular formula is C19H29N3O2S. The molecule has 0 spiro atoms. The fraction of sp³-hybridized carbons (Fsp3) is 0.737. The van der Waals surface area contributed by atoms with E-state index in [9.17, 15) is 9.59 Å². The second-order valence-corrected chi connectivity index (χ2v) is 8.64. The molecule has 2 heterocycles. The summed E-state index contributed by atoms with van der Waals surface area (Å²) in [5, 5.41) is 3.17. The van der Waals surface area contributed by atoms with E-state index in [-0.39, 0.29) is 17.7 Å². The lowest BCUT2D eigenvalue weighted by Gasteiger charge is -2.37. The summed E-state index contributed by atoms with van der Waals surface area (Å²) < 4.78 is 0. The van der Waals surface area contributed by atoms with E-state index in [1.54, 1.807) is 16.2 Å². The van der Waals surface area contributed by atoms with Gasteiger partial charge in [-0.05, 0) is 19.3 Å². The van der Waals surface area contributed by atoms with Crippen LogP contribution in [0.1, 0.15) is 69.0 Å². The molecule has 1 atom stereocenters. The predicted molar refractivity (Wildman–Crippen MR) is 99.4 cm³/mol. The third-order valence-corrected chi connectivity index (χ3v) is 6.59. The zero-order valence-electron chi connectivity index (χ0n) is 15.5. The number of nitrogens with zero attached hydrogens (tertiary/aromatic N) is 3. The number of hydrogen-bond acceptors (Lipinski definition) is 4. The summed E-state index contributed by atoms with van der Waals surface area (Å²) in [7, 11) is 1.85. The lowest BCUT2D eigenvalue weighted by molar-refractivity contribution is -0.144. The number of piperidine rings is 1. The summed E-state index contributed by atoms with van der Waals surface area (Å²) >= 11 is 1.66. The standard InChI is InChI=1S/C19H29N3O2S/c1-13(2)18-20-15(12-25-18)11-21(3)19(24)14-8-9-17(23)22(10-14)16-6-4-5-7-16/h12-14,16H,4-11H2,1-3H3/t14-/m0/s1. The third kappa shape index (κ3) is 4.22. The molecule has 0 radical (unpaired) electrons. The highest BCUT2D eigenvalue weighted by Gasteiger charge is 2.36. The molecule has 0 aromatic carbocycles. The molecule has 1 aliphatic carbocycles. The molecule has 138 valence electrons. The van der Waals surface area contributed by atoms with Crippen molar-refractivity contribution in [1.82, 2.24) is 14.8 Å². The molecule has 2 amide bonds. The van der Waals surface area contributed by atoms with Gasteiger partial charge < -0.3 is 9.80 Å². The highest BCUT2D eigenvalue weighted by Crippen LogP contribution is 2.29. The molecule has 2 aliphatic rings. The van der Waals surface area contributed by atoms with Crippen molar-refractivity contribution in [3.63, 3.8) is 0 Å². The first-order chi connectivity index (χ1) is 12.0. The Labute approximate surface area is 154 Å². The SMILES string of the molecule is CC(C)c1nc(CN(C)C(=O)[C@H]2CCC(=O)N(C3CCCC3)C2)cs1. The molecule has 6 heteroatoms. The molecule has 0 N–H and O–H groups in total. The van der Waals surface area contributed by atoms with Gasteiger partial charge in [0, 0.05) is 37.4 Å². The molecule has 3 rings (SSSR count). The average molecular weight is 364 g/mol. The van der Waals surface area contributed by atoms with Crippen LogP contribution in [0.3, 0.4) is 0 Å². The van der Waals surface area contributed by atoms with Gasteiger partial charge in [0.05, 0.1) is 23.2 Å². The van der Waals surface area contributed by atoms with Crippen LogP contribution in [-0.4, -0.2) is 46.2 Å². The number of carbonyl (C=O) groups excluding carboxylic acids is 2. The Balaban J connectivity index is 1.59. The fourth-order valence-electron chi connectivity index (χ4n) is 3.94. The predicted octanol–water partition coefficient (Wildman–Crippen LogP) is 3.41. The van der Waals surface area contributed by atoms with Gasteiger partial charge in [0.2, 0.25) is 11.8 Å². The molecule has 1 aliphatic heterocycles. The molecule has 0 unspecified atom stereocenters. The number of amides is 2. The topological polar surface area (TPSA) is 53.5 Å². The minimum Gasteiger partial charge on any atom is -0.340 e. The maximum Gasteiger partial charge on any atom is 0.227 e. The molecule has 0 bridgehead atoms. The van der Waals surface area contributed by atoms with E-state index in [4.69, 9.17) is 0 Å². The van der Waals surface area contributed by atoms with E-state index in [1.807, 2.05) is 17.3 Å². The summed E-state index contributed by atoms with van der Waals surface area (Å²) in [5.74, 6) is 0.741. The van der Waals surface area contributed by atoms with Crippen molar-refractivity contribution in [3.8, 4) is 0 Å². The van der Waals surface area contributed by atoms with Crippen molar-refractivity contribution in [2.45, 2.75) is 70.9 Å². The van der Waals surface area contributed by atoms with Crippen LogP contribution in [0.25, 0.3) is 0 Å². The normalized spacial score (nSPS) is 22.0. The second kappa shape index (κ2) is 7.85. The van der Waals surface area contributed by atoms with Crippen LogP contribution in [0.2, 0.25) is 0 Å². The highest BCUT2D eigenvalue weighted by molar-refractivity contribution is 7.09.